The molecule has 1 unspecified atom stereocenters. The standard InChI is InChI=1S/C19H29N/c1-14-8-4-5-9-17(14)15-12-16(13-15)20-18-10-6-7-11-19(18,2)3/h4-5,8-9,15-16,18,20H,6-7,10-13H2,1-3H3. The molecule has 3 rings (SSSR count). The quantitative estimate of drug-likeness (QED) is 0.832. The fourth-order valence-corrected chi connectivity index (χ4v) is 4.14. The Labute approximate surface area is 124 Å². The minimum Gasteiger partial charge on any atom is -0.311 e. The van der Waals surface area contributed by atoms with Gasteiger partial charge >= 0.3 is 0 Å². The number of aryl methyl sites for hydroxylation is 1. The molecule has 2 aliphatic carbocycles. The molecular formula is C19H29N. The molecule has 0 amide bonds. The van der Waals surface area contributed by atoms with Gasteiger partial charge in [-0.05, 0) is 55.1 Å². The summed E-state index contributed by atoms with van der Waals surface area (Å²) in [6.45, 7) is 7.14. The highest BCUT2D eigenvalue weighted by atomic mass is 15.0. The third kappa shape index (κ3) is 2.79. The predicted molar refractivity (Wildman–Crippen MR) is 86.1 cm³/mol. The van der Waals surface area contributed by atoms with Crippen LogP contribution in [0.5, 0.6) is 0 Å². The molecule has 1 N–H and O–H groups in total. The van der Waals surface area contributed by atoms with Gasteiger partial charge in [0.2, 0.25) is 0 Å². The topological polar surface area (TPSA) is 12.0 Å². The molecule has 0 aliphatic heterocycles. The van der Waals surface area contributed by atoms with Crippen LogP contribution in [0, 0.1) is 12.3 Å². The van der Waals surface area contributed by atoms with Gasteiger partial charge in [-0.3, -0.25) is 0 Å². The van der Waals surface area contributed by atoms with E-state index in [4.69, 9.17) is 0 Å². The number of benzene rings is 1. The van der Waals surface area contributed by atoms with Crippen molar-refractivity contribution in [2.24, 2.45) is 5.41 Å². The van der Waals surface area contributed by atoms with Crippen molar-refractivity contribution in [2.75, 3.05) is 0 Å². The number of nitrogens with one attached hydrogen (secondary N) is 1. The lowest BCUT2D eigenvalue weighted by molar-refractivity contribution is 0.130. The summed E-state index contributed by atoms with van der Waals surface area (Å²) in [5.74, 6) is 0.792. The van der Waals surface area contributed by atoms with Gasteiger partial charge in [0.25, 0.3) is 0 Å². The van der Waals surface area contributed by atoms with Crippen LogP contribution in [0.1, 0.15) is 69.4 Å². The summed E-state index contributed by atoms with van der Waals surface area (Å²) < 4.78 is 0. The molecule has 2 fully saturated rings. The van der Waals surface area contributed by atoms with Crippen LogP contribution < -0.4 is 5.32 Å². The van der Waals surface area contributed by atoms with E-state index in [2.05, 4.69) is 50.4 Å². The van der Waals surface area contributed by atoms with Crippen LogP contribution in [0.3, 0.4) is 0 Å². The third-order valence-electron chi connectivity index (χ3n) is 5.71. The van der Waals surface area contributed by atoms with Crippen molar-refractivity contribution in [1.29, 1.82) is 0 Å². The molecular weight excluding hydrogens is 242 g/mol. The van der Waals surface area contributed by atoms with Crippen molar-refractivity contribution in [3.8, 4) is 0 Å². The van der Waals surface area contributed by atoms with Gasteiger partial charge in [-0.15, -0.1) is 0 Å². The van der Waals surface area contributed by atoms with Crippen molar-refractivity contribution in [2.45, 2.75) is 77.3 Å². The zero-order valence-corrected chi connectivity index (χ0v) is 13.3. The van der Waals surface area contributed by atoms with Gasteiger partial charge in [-0.1, -0.05) is 51.0 Å². The number of hydrogen-bond acceptors (Lipinski definition) is 1. The molecule has 110 valence electrons. The summed E-state index contributed by atoms with van der Waals surface area (Å²) in [6.07, 6.45) is 8.25. The van der Waals surface area contributed by atoms with Crippen LogP contribution in [-0.2, 0) is 0 Å². The smallest absolute Gasteiger partial charge is 0.0121 e. The summed E-state index contributed by atoms with van der Waals surface area (Å²) in [5, 5.41) is 3.96. The van der Waals surface area contributed by atoms with Crippen LogP contribution in [0.2, 0.25) is 0 Å². The van der Waals surface area contributed by atoms with Gasteiger partial charge in [0, 0.05) is 12.1 Å². The van der Waals surface area contributed by atoms with Gasteiger partial charge in [0.05, 0.1) is 0 Å². The van der Waals surface area contributed by atoms with Gasteiger partial charge in [-0.2, -0.15) is 0 Å². The average molecular weight is 271 g/mol. The predicted octanol–water partition coefficient (Wildman–Crippen LogP) is 4.80. The Hall–Kier alpha value is -0.820. The molecule has 20 heavy (non-hydrogen) atoms. The number of rotatable bonds is 3. The maximum atomic E-state index is 3.96. The fraction of sp³-hybridized carbons (Fsp3) is 0.684. The van der Waals surface area contributed by atoms with Gasteiger partial charge < -0.3 is 5.32 Å². The van der Waals surface area contributed by atoms with Gasteiger partial charge in [-0.25, -0.2) is 0 Å². The van der Waals surface area contributed by atoms with Crippen LogP contribution in [0.4, 0.5) is 0 Å². The summed E-state index contributed by atoms with van der Waals surface area (Å²) in [4.78, 5) is 0. The Bertz CT molecular complexity index is 457. The van der Waals surface area contributed by atoms with E-state index in [-0.39, 0.29) is 0 Å². The first-order chi connectivity index (χ1) is 9.56. The average Bonchev–Trinajstić information content (AvgIpc) is 2.36. The Kier molecular flexibility index (Phi) is 3.90. The van der Waals surface area contributed by atoms with Crippen molar-refractivity contribution in [1.82, 2.24) is 5.32 Å². The minimum absolute atomic E-state index is 0.492. The maximum absolute atomic E-state index is 3.96. The second-order valence-electron chi connectivity index (χ2n) is 7.68. The summed E-state index contributed by atoms with van der Waals surface area (Å²) in [5.41, 5.74) is 3.54. The molecule has 0 radical (unpaired) electrons. The fourth-order valence-electron chi connectivity index (χ4n) is 4.14. The lowest BCUT2D eigenvalue weighted by atomic mass is 9.70. The van der Waals surface area contributed by atoms with E-state index in [1.165, 1.54) is 44.1 Å². The van der Waals surface area contributed by atoms with Crippen molar-refractivity contribution < 1.29 is 0 Å². The van der Waals surface area contributed by atoms with Crippen LogP contribution in [0.15, 0.2) is 24.3 Å². The molecule has 0 bridgehead atoms. The molecule has 1 aromatic rings. The maximum Gasteiger partial charge on any atom is 0.0121 e. The zero-order valence-electron chi connectivity index (χ0n) is 13.3. The second-order valence-corrected chi connectivity index (χ2v) is 7.68. The first kappa shape index (κ1) is 14.1. The summed E-state index contributed by atoms with van der Waals surface area (Å²) >= 11 is 0. The largest absolute Gasteiger partial charge is 0.311 e. The highest BCUT2D eigenvalue weighted by Gasteiger charge is 2.37. The van der Waals surface area contributed by atoms with Crippen molar-refractivity contribution >= 4 is 0 Å². The molecule has 0 spiro atoms. The van der Waals surface area contributed by atoms with E-state index in [1.807, 2.05) is 0 Å². The Balaban J connectivity index is 1.55. The van der Waals surface area contributed by atoms with Crippen molar-refractivity contribution in [3.05, 3.63) is 35.4 Å². The van der Waals surface area contributed by atoms with E-state index in [1.54, 1.807) is 5.56 Å². The normalized spacial score (nSPS) is 32.6. The number of hydrogen-bond donors (Lipinski definition) is 1. The Morgan fingerprint density at radius 2 is 1.85 bits per heavy atom. The van der Waals surface area contributed by atoms with Crippen LogP contribution >= 0.6 is 0 Å². The highest BCUT2D eigenvalue weighted by Crippen LogP contribution is 2.41. The van der Waals surface area contributed by atoms with Crippen molar-refractivity contribution in [3.63, 3.8) is 0 Å². The molecule has 1 atom stereocenters. The summed E-state index contributed by atoms with van der Waals surface area (Å²) in [6, 6.07) is 10.4. The first-order valence-corrected chi connectivity index (χ1v) is 8.38. The lowest BCUT2D eigenvalue weighted by Crippen LogP contribution is -2.52. The molecule has 2 aliphatic rings. The molecule has 0 heterocycles. The first-order valence-electron chi connectivity index (χ1n) is 8.38. The van der Waals surface area contributed by atoms with E-state index in [0.717, 1.165) is 18.0 Å². The van der Waals surface area contributed by atoms with E-state index in [9.17, 15) is 0 Å². The molecule has 0 aromatic heterocycles. The second kappa shape index (κ2) is 5.52. The van der Waals surface area contributed by atoms with Crippen LogP contribution in [-0.4, -0.2) is 12.1 Å². The Morgan fingerprint density at radius 3 is 2.55 bits per heavy atom. The SMILES string of the molecule is Cc1ccccc1C1CC(NC2CCCCC2(C)C)C1. The summed E-state index contributed by atoms with van der Waals surface area (Å²) in [7, 11) is 0. The van der Waals surface area contributed by atoms with E-state index < -0.39 is 0 Å². The van der Waals surface area contributed by atoms with E-state index in [0.29, 0.717) is 5.41 Å². The zero-order chi connectivity index (χ0) is 14.2. The van der Waals surface area contributed by atoms with Gasteiger partial charge in [0.1, 0.15) is 0 Å². The molecule has 1 heteroatoms. The lowest BCUT2D eigenvalue weighted by Gasteiger charge is -2.45. The molecule has 1 aromatic carbocycles. The highest BCUT2D eigenvalue weighted by molar-refractivity contribution is 5.31. The molecule has 0 saturated heterocycles. The Morgan fingerprint density at radius 1 is 1.10 bits per heavy atom. The third-order valence-corrected chi connectivity index (χ3v) is 5.71. The van der Waals surface area contributed by atoms with E-state index >= 15 is 0 Å². The monoisotopic (exact) mass is 271 g/mol. The molecule has 1 nitrogen and oxygen atoms in total. The molecule has 2 saturated carbocycles. The minimum atomic E-state index is 0.492. The van der Waals surface area contributed by atoms with Crippen LogP contribution in [0.25, 0.3) is 0 Å². The van der Waals surface area contributed by atoms with Gasteiger partial charge in [0.15, 0.2) is 0 Å².